The van der Waals surface area contributed by atoms with E-state index in [4.69, 9.17) is 5.73 Å². The first-order valence-electron chi connectivity index (χ1n) is 5.81. The van der Waals surface area contributed by atoms with Gasteiger partial charge in [0, 0.05) is 19.1 Å². The molecule has 0 bridgehead atoms. The Labute approximate surface area is 104 Å². The monoisotopic (exact) mass is 268 g/mol. The van der Waals surface area contributed by atoms with E-state index in [1.54, 1.807) is 4.31 Å². The van der Waals surface area contributed by atoms with Gasteiger partial charge in [-0.15, -0.1) is 12.4 Å². The van der Waals surface area contributed by atoms with Crippen molar-refractivity contribution >= 4 is 22.4 Å². The molecule has 1 heterocycles. The molecule has 2 aliphatic rings. The lowest BCUT2D eigenvalue weighted by Crippen LogP contribution is -2.34. The molecule has 0 aromatic carbocycles. The third-order valence-electron chi connectivity index (χ3n) is 3.59. The first-order valence-corrected chi connectivity index (χ1v) is 7.42. The van der Waals surface area contributed by atoms with E-state index < -0.39 is 10.0 Å². The van der Waals surface area contributed by atoms with Gasteiger partial charge in [0.25, 0.3) is 0 Å². The standard InChI is InChI=1S/C10H20N2O2S.ClH/c11-10-4-6-12(8-10)15(13,14)7-5-9-2-1-3-9;/h9-10H,1-8,11H2;1H. The second kappa shape index (κ2) is 5.67. The fourth-order valence-corrected chi connectivity index (χ4v) is 3.92. The fourth-order valence-electron chi connectivity index (χ4n) is 2.23. The van der Waals surface area contributed by atoms with E-state index in [0.717, 1.165) is 12.8 Å². The second-order valence-electron chi connectivity index (χ2n) is 4.81. The van der Waals surface area contributed by atoms with Crippen LogP contribution in [0.15, 0.2) is 0 Å². The summed E-state index contributed by atoms with van der Waals surface area (Å²) < 4.78 is 25.4. The van der Waals surface area contributed by atoms with Crippen molar-refractivity contribution < 1.29 is 8.42 Å². The summed E-state index contributed by atoms with van der Waals surface area (Å²) >= 11 is 0. The summed E-state index contributed by atoms with van der Waals surface area (Å²) in [6.07, 6.45) is 5.36. The predicted octanol–water partition coefficient (Wildman–Crippen LogP) is 0.961. The Balaban J connectivity index is 0.00000128. The Kier molecular flexibility index (Phi) is 5.04. The average Bonchev–Trinajstić information content (AvgIpc) is 2.49. The maximum Gasteiger partial charge on any atom is 0.214 e. The molecule has 1 atom stereocenters. The highest BCUT2D eigenvalue weighted by atomic mass is 35.5. The van der Waals surface area contributed by atoms with Crippen molar-refractivity contribution in [2.45, 2.75) is 38.1 Å². The minimum Gasteiger partial charge on any atom is -0.326 e. The third-order valence-corrected chi connectivity index (χ3v) is 5.46. The van der Waals surface area contributed by atoms with Crippen LogP contribution in [-0.4, -0.2) is 37.6 Å². The van der Waals surface area contributed by atoms with Gasteiger partial charge in [0.2, 0.25) is 10.0 Å². The summed E-state index contributed by atoms with van der Waals surface area (Å²) in [5.74, 6) is 0.987. The fraction of sp³-hybridized carbons (Fsp3) is 1.00. The van der Waals surface area contributed by atoms with Gasteiger partial charge in [0.15, 0.2) is 0 Å². The zero-order valence-electron chi connectivity index (χ0n) is 9.47. The zero-order valence-corrected chi connectivity index (χ0v) is 11.1. The van der Waals surface area contributed by atoms with Crippen LogP contribution in [0.5, 0.6) is 0 Å². The largest absolute Gasteiger partial charge is 0.326 e. The Morgan fingerprint density at radius 1 is 1.25 bits per heavy atom. The van der Waals surface area contributed by atoms with Crippen molar-refractivity contribution in [2.75, 3.05) is 18.8 Å². The summed E-state index contributed by atoms with van der Waals surface area (Å²) in [6.45, 7) is 1.14. The molecule has 6 heteroatoms. The van der Waals surface area contributed by atoms with Crippen LogP contribution in [-0.2, 0) is 10.0 Å². The highest BCUT2D eigenvalue weighted by molar-refractivity contribution is 7.89. The summed E-state index contributed by atoms with van der Waals surface area (Å²) in [5.41, 5.74) is 5.71. The summed E-state index contributed by atoms with van der Waals surface area (Å²) in [4.78, 5) is 0. The second-order valence-corrected chi connectivity index (χ2v) is 6.90. The number of halogens is 1. The van der Waals surface area contributed by atoms with Crippen LogP contribution < -0.4 is 5.73 Å². The molecular weight excluding hydrogens is 248 g/mol. The van der Waals surface area contributed by atoms with Gasteiger partial charge < -0.3 is 5.73 Å². The molecule has 0 radical (unpaired) electrons. The molecule has 2 rings (SSSR count). The lowest BCUT2D eigenvalue weighted by atomic mass is 9.84. The maximum atomic E-state index is 11.9. The molecule has 1 aliphatic carbocycles. The van der Waals surface area contributed by atoms with Gasteiger partial charge in [-0.1, -0.05) is 19.3 Å². The normalized spacial score (nSPS) is 27.4. The predicted molar refractivity (Wildman–Crippen MR) is 67.2 cm³/mol. The van der Waals surface area contributed by atoms with Gasteiger partial charge in [0.05, 0.1) is 5.75 Å². The van der Waals surface area contributed by atoms with E-state index in [0.29, 0.717) is 24.8 Å². The van der Waals surface area contributed by atoms with E-state index in [1.807, 2.05) is 0 Å². The SMILES string of the molecule is Cl.NC1CCN(S(=O)(=O)CCC2CCC2)C1. The van der Waals surface area contributed by atoms with Crippen molar-refractivity contribution in [3.05, 3.63) is 0 Å². The maximum absolute atomic E-state index is 11.9. The molecule has 0 amide bonds. The smallest absolute Gasteiger partial charge is 0.214 e. The van der Waals surface area contributed by atoms with Crippen molar-refractivity contribution in [1.29, 1.82) is 0 Å². The van der Waals surface area contributed by atoms with Gasteiger partial charge in [-0.25, -0.2) is 12.7 Å². The third kappa shape index (κ3) is 3.32. The Morgan fingerprint density at radius 2 is 1.94 bits per heavy atom. The van der Waals surface area contributed by atoms with E-state index in [2.05, 4.69) is 0 Å². The lowest BCUT2D eigenvalue weighted by Gasteiger charge is -2.26. The van der Waals surface area contributed by atoms with Crippen LogP contribution in [0, 0.1) is 5.92 Å². The molecule has 4 nitrogen and oxygen atoms in total. The van der Waals surface area contributed by atoms with Crippen molar-refractivity contribution in [3.8, 4) is 0 Å². The number of nitrogens with zero attached hydrogens (tertiary/aromatic N) is 1. The summed E-state index contributed by atoms with van der Waals surface area (Å²) in [5, 5.41) is 0. The molecule has 2 N–H and O–H groups in total. The van der Waals surface area contributed by atoms with Gasteiger partial charge in [0.1, 0.15) is 0 Å². The highest BCUT2D eigenvalue weighted by Crippen LogP contribution is 2.30. The van der Waals surface area contributed by atoms with E-state index in [9.17, 15) is 8.42 Å². The number of sulfonamides is 1. The van der Waals surface area contributed by atoms with E-state index in [-0.39, 0.29) is 18.4 Å². The molecule has 1 saturated heterocycles. The minimum atomic E-state index is -3.01. The summed E-state index contributed by atoms with van der Waals surface area (Å²) in [7, 11) is -3.01. The van der Waals surface area contributed by atoms with Crippen LogP contribution in [0.4, 0.5) is 0 Å². The van der Waals surface area contributed by atoms with Crippen LogP contribution in [0.2, 0.25) is 0 Å². The van der Waals surface area contributed by atoms with Gasteiger partial charge in [-0.3, -0.25) is 0 Å². The first kappa shape index (κ1) is 14.2. The molecule has 0 aromatic rings. The Hall–Kier alpha value is 0.160. The van der Waals surface area contributed by atoms with Gasteiger partial charge >= 0.3 is 0 Å². The highest BCUT2D eigenvalue weighted by Gasteiger charge is 2.30. The molecule has 0 aromatic heterocycles. The number of hydrogen-bond acceptors (Lipinski definition) is 3. The van der Waals surface area contributed by atoms with Crippen LogP contribution in [0.25, 0.3) is 0 Å². The quantitative estimate of drug-likeness (QED) is 0.826. The molecular formula is C10H21ClN2O2S. The topological polar surface area (TPSA) is 63.4 Å². The molecule has 1 saturated carbocycles. The molecule has 1 unspecified atom stereocenters. The van der Waals surface area contributed by atoms with Crippen molar-refractivity contribution in [1.82, 2.24) is 4.31 Å². The van der Waals surface area contributed by atoms with Crippen molar-refractivity contribution in [2.24, 2.45) is 11.7 Å². The van der Waals surface area contributed by atoms with E-state index >= 15 is 0 Å². The Morgan fingerprint density at radius 3 is 2.38 bits per heavy atom. The molecule has 2 fully saturated rings. The molecule has 1 aliphatic heterocycles. The van der Waals surface area contributed by atoms with Gasteiger partial charge in [-0.2, -0.15) is 0 Å². The first-order chi connectivity index (χ1) is 7.08. The Bertz CT molecular complexity index is 317. The molecule has 16 heavy (non-hydrogen) atoms. The minimum absolute atomic E-state index is 0. The summed E-state index contributed by atoms with van der Waals surface area (Å²) in [6, 6.07) is 0.0449. The average molecular weight is 269 g/mol. The molecule has 96 valence electrons. The number of hydrogen-bond donors (Lipinski definition) is 1. The van der Waals surface area contributed by atoms with E-state index in [1.165, 1.54) is 19.3 Å². The van der Waals surface area contributed by atoms with Crippen LogP contribution in [0.1, 0.15) is 32.1 Å². The number of rotatable bonds is 4. The van der Waals surface area contributed by atoms with Crippen LogP contribution >= 0.6 is 12.4 Å². The zero-order chi connectivity index (χ0) is 10.9. The van der Waals surface area contributed by atoms with Gasteiger partial charge in [-0.05, 0) is 18.8 Å². The lowest BCUT2D eigenvalue weighted by molar-refractivity contribution is 0.305. The molecule has 0 spiro atoms. The van der Waals surface area contributed by atoms with Crippen LogP contribution in [0.3, 0.4) is 0 Å². The van der Waals surface area contributed by atoms with Crippen molar-refractivity contribution in [3.63, 3.8) is 0 Å². The number of nitrogens with two attached hydrogens (primary N) is 1.